The number of ether oxygens (including phenoxy) is 1. The van der Waals surface area contributed by atoms with Crippen LogP contribution >= 0.6 is 0 Å². The molecule has 0 aliphatic carbocycles. The van der Waals surface area contributed by atoms with E-state index in [-0.39, 0.29) is 6.61 Å². The van der Waals surface area contributed by atoms with Crippen LogP contribution in [0.4, 0.5) is 0 Å². The normalized spacial score (nSPS) is 12.3. The zero-order chi connectivity index (χ0) is 14.4. The van der Waals surface area contributed by atoms with Crippen molar-refractivity contribution in [2.24, 2.45) is 0 Å². The van der Waals surface area contributed by atoms with Gasteiger partial charge in [0.2, 0.25) is 0 Å². The van der Waals surface area contributed by atoms with Gasteiger partial charge in [-0.3, -0.25) is 0 Å². The van der Waals surface area contributed by atoms with E-state index in [1.54, 1.807) is 19.2 Å². The van der Waals surface area contributed by atoms with Crippen LogP contribution in [-0.2, 0) is 13.2 Å². The van der Waals surface area contributed by atoms with Gasteiger partial charge in [-0.05, 0) is 29.8 Å². The third-order valence-electron chi connectivity index (χ3n) is 3.01. The maximum absolute atomic E-state index is 10.0. The molecule has 108 valence electrons. The number of methoxy groups -OCH3 is 1. The van der Waals surface area contributed by atoms with E-state index in [1.165, 1.54) is 0 Å². The second kappa shape index (κ2) is 7.09. The topological polar surface area (TPSA) is 74.9 Å². The summed E-state index contributed by atoms with van der Waals surface area (Å²) in [7, 11) is 1.61. The van der Waals surface area contributed by atoms with E-state index in [0.29, 0.717) is 18.8 Å². The summed E-state index contributed by atoms with van der Waals surface area (Å²) < 4.78 is 10.4. The number of aliphatic hydroxyl groups excluding tert-OH is 2. The van der Waals surface area contributed by atoms with Crippen molar-refractivity contribution >= 4 is 0 Å². The average molecular weight is 277 g/mol. The highest BCUT2D eigenvalue weighted by atomic mass is 16.5. The number of hydrogen-bond acceptors (Lipinski definition) is 5. The molecular weight excluding hydrogens is 258 g/mol. The minimum atomic E-state index is -0.590. The Kier molecular flexibility index (Phi) is 5.17. The molecule has 1 unspecified atom stereocenters. The van der Waals surface area contributed by atoms with E-state index in [0.717, 1.165) is 17.1 Å². The highest BCUT2D eigenvalue weighted by molar-refractivity contribution is 5.28. The molecule has 0 aliphatic heterocycles. The van der Waals surface area contributed by atoms with Gasteiger partial charge in [0.1, 0.15) is 23.9 Å². The number of furan rings is 1. The van der Waals surface area contributed by atoms with Gasteiger partial charge >= 0.3 is 0 Å². The smallest absolute Gasteiger partial charge is 0.129 e. The van der Waals surface area contributed by atoms with Crippen LogP contribution < -0.4 is 10.1 Å². The van der Waals surface area contributed by atoms with Crippen LogP contribution in [0.25, 0.3) is 0 Å². The lowest BCUT2D eigenvalue weighted by molar-refractivity contribution is 0.173. The van der Waals surface area contributed by atoms with Gasteiger partial charge in [-0.25, -0.2) is 0 Å². The third-order valence-corrected chi connectivity index (χ3v) is 3.01. The Balaban J connectivity index is 1.80. The molecule has 0 fully saturated rings. The van der Waals surface area contributed by atoms with Gasteiger partial charge in [0, 0.05) is 6.54 Å². The Hall–Kier alpha value is -1.82. The Morgan fingerprint density at radius 3 is 2.45 bits per heavy atom. The Labute approximate surface area is 117 Å². The maximum atomic E-state index is 10.0. The van der Waals surface area contributed by atoms with Crippen molar-refractivity contribution in [2.75, 3.05) is 13.7 Å². The second-order valence-corrected chi connectivity index (χ2v) is 4.45. The minimum absolute atomic E-state index is 0.103. The fourth-order valence-corrected chi connectivity index (χ4v) is 1.88. The van der Waals surface area contributed by atoms with Crippen molar-refractivity contribution in [1.29, 1.82) is 0 Å². The molecule has 0 bridgehead atoms. The molecule has 5 nitrogen and oxygen atoms in total. The van der Waals surface area contributed by atoms with Crippen LogP contribution in [0.2, 0.25) is 0 Å². The van der Waals surface area contributed by atoms with E-state index in [2.05, 4.69) is 5.32 Å². The molecule has 0 saturated carbocycles. The molecule has 0 aliphatic rings. The van der Waals surface area contributed by atoms with E-state index in [1.807, 2.05) is 24.3 Å². The van der Waals surface area contributed by atoms with Crippen molar-refractivity contribution in [3.8, 4) is 5.75 Å². The van der Waals surface area contributed by atoms with E-state index < -0.39 is 6.10 Å². The SMILES string of the molecule is COc1ccc(C(O)CNCc2ccc(CO)o2)cc1. The van der Waals surface area contributed by atoms with Crippen molar-refractivity contribution in [2.45, 2.75) is 19.3 Å². The molecule has 0 amide bonds. The van der Waals surface area contributed by atoms with Crippen LogP contribution in [0.3, 0.4) is 0 Å². The monoisotopic (exact) mass is 277 g/mol. The van der Waals surface area contributed by atoms with Crippen LogP contribution in [-0.4, -0.2) is 23.9 Å². The number of hydrogen-bond donors (Lipinski definition) is 3. The largest absolute Gasteiger partial charge is 0.497 e. The summed E-state index contributed by atoms with van der Waals surface area (Å²) in [6.45, 7) is 0.823. The summed E-state index contributed by atoms with van der Waals surface area (Å²) in [6, 6.07) is 10.8. The van der Waals surface area contributed by atoms with Gasteiger partial charge < -0.3 is 24.7 Å². The van der Waals surface area contributed by atoms with E-state index in [9.17, 15) is 5.11 Å². The highest BCUT2D eigenvalue weighted by Crippen LogP contribution is 2.17. The molecule has 0 radical (unpaired) electrons. The van der Waals surface area contributed by atoms with Gasteiger partial charge in [-0.15, -0.1) is 0 Å². The van der Waals surface area contributed by atoms with Crippen LogP contribution in [0.1, 0.15) is 23.2 Å². The van der Waals surface area contributed by atoms with Gasteiger partial charge in [-0.2, -0.15) is 0 Å². The lowest BCUT2D eigenvalue weighted by atomic mass is 10.1. The van der Waals surface area contributed by atoms with Gasteiger partial charge in [0.25, 0.3) is 0 Å². The quantitative estimate of drug-likeness (QED) is 0.717. The van der Waals surface area contributed by atoms with Crippen LogP contribution in [0, 0.1) is 0 Å². The Morgan fingerprint density at radius 1 is 1.15 bits per heavy atom. The number of nitrogens with one attached hydrogen (secondary N) is 1. The molecule has 3 N–H and O–H groups in total. The standard InChI is InChI=1S/C15H19NO4/c1-19-12-4-2-11(3-5-12)15(18)9-16-8-13-6-7-14(10-17)20-13/h2-7,15-18H,8-10H2,1H3. The molecule has 2 aromatic rings. The molecule has 0 spiro atoms. The first kappa shape index (κ1) is 14.6. The van der Waals surface area contributed by atoms with Crippen LogP contribution in [0.15, 0.2) is 40.8 Å². The summed E-state index contributed by atoms with van der Waals surface area (Å²) in [5, 5.41) is 22.0. The van der Waals surface area contributed by atoms with Crippen molar-refractivity contribution in [3.05, 3.63) is 53.5 Å². The van der Waals surface area contributed by atoms with E-state index in [4.69, 9.17) is 14.3 Å². The van der Waals surface area contributed by atoms with Crippen LogP contribution in [0.5, 0.6) is 5.75 Å². The number of aliphatic hydroxyl groups is 2. The van der Waals surface area contributed by atoms with E-state index >= 15 is 0 Å². The predicted molar refractivity (Wildman–Crippen MR) is 74.3 cm³/mol. The molecule has 1 heterocycles. The lowest BCUT2D eigenvalue weighted by Crippen LogP contribution is -2.20. The first-order valence-corrected chi connectivity index (χ1v) is 6.44. The maximum Gasteiger partial charge on any atom is 0.129 e. The fraction of sp³-hybridized carbons (Fsp3) is 0.333. The zero-order valence-corrected chi connectivity index (χ0v) is 11.4. The molecule has 20 heavy (non-hydrogen) atoms. The molecule has 1 aromatic heterocycles. The number of benzene rings is 1. The highest BCUT2D eigenvalue weighted by Gasteiger charge is 2.08. The summed E-state index contributed by atoms with van der Waals surface area (Å²) in [4.78, 5) is 0. The molecule has 5 heteroatoms. The van der Waals surface area contributed by atoms with Gasteiger partial charge in [0.15, 0.2) is 0 Å². The predicted octanol–water partition coefficient (Wildman–Crippen LogP) is 1.60. The van der Waals surface area contributed by atoms with Gasteiger partial charge in [0.05, 0.1) is 19.8 Å². The molecule has 1 atom stereocenters. The van der Waals surface area contributed by atoms with Crippen molar-refractivity contribution in [1.82, 2.24) is 5.32 Å². The zero-order valence-electron chi connectivity index (χ0n) is 11.4. The Bertz CT molecular complexity index is 521. The third kappa shape index (κ3) is 3.84. The molecular formula is C15H19NO4. The first-order valence-electron chi connectivity index (χ1n) is 6.44. The molecule has 2 rings (SSSR count). The van der Waals surface area contributed by atoms with Crippen molar-refractivity contribution in [3.63, 3.8) is 0 Å². The molecule has 0 saturated heterocycles. The molecule has 1 aromatic carbocycles. The van der Waals surface area contributed by atoms with Crippen molar-refractivity contribution < 1.29 is 19.4 Å². The summed E-state index contributed by atoms with van der Waals surface area (Å²) >= 11 is 0. The summed E-state index contributed by atoms with van der Waals surface area (Å²) in [5.74, 6) is 2.04. The Morgan fingerprint density at radius 2 is 1.85 bits per heavy atom. The fourth-order valence-electron chi connectivity index (χ4n) is 1.88. The number of rotatable bonds is 7. The average Bonchev–Trinajstić information content (AvgIpc) is 2.95. The summed E-state index contributed by atoms with van der Waals surface area (Å²) in [5.41, 5.74) is 0.828. The minimum Gasteiger partial charge on any atom is -0.497 e. The summed E-state index contributed by atoms with van der Waals surface area (Å²) in [6.07, 6.45) is -0.590. The second-order valence-electron chi connectivity index (χ2n) is 4.45. The lowest BCUT2D eigenvalue weighted by Gasteiger charge is -2.12. The first-order chi connectivity index (χ1) is 9.72. The van der Waals surface area contributed by atoms with Gasteiger partial charge in [-0.1, -0.05) is 12.1 Å².